The van der Waals surface area contributed by atoms with Crippen molar-refractivity contribution in [1.82, 2.24) is 0 Å². The van der Waals surface area contributed by atoms with Crippen molar-refractivity contribution in [2.75, 3.05) is 0 Å². The van der Waals surface area contributed by atoms with E-state index in [9.17, 15) is 4.79 Å². The molecular weight excluding hydrogens is 128 g/mol. The Morgan fingerprint density at radius 2 is 2.10 bits per heavy atom. The zero-order valence-electron chi connectivity index (χ0n) is 6.08. The molecule has 0 saturated carbocycles. The number of hydrogen-bond acceptors (Lipinski definition) is 1. The highest BCUT2D eigenvalue weighted by molar-refractivity contribution is 5.70. The lowest BCUT2D eigenvalue weighted by Gasteiger charge is -2.20. The molecule has 0 aromatic carbocycles. The maximum Gasteiger partial charge on any atom is 0.307 e. The van der Waals surface area contributed by atoms with Gasteiger partial charge in [0.05, 0.1) is 5.92 Å². The molecule has 1 N–H and O–H groups in total. The number of carbonyl (C=O) groups is 1. The van der Waals surface area contributed by atoms with Gasteiger partial charge in [-0.05, 0) is 18.8 Å². The second-order valence-corrected chi connectivity index (χ2v) is 2.86. The third kappa shape index (κ3) is 1.38. The Kier molecular flexibility index (Phi) is 2.10. The Balaban J connectivity index is 2.59. The smallest absolute Gasteiger partial charge is 0.307 e. The van der Waals surface area contributed by atoms with Crippen LogP contribution in [0.5, 0.6) is 0 Å². The second-order valence-electron chi connectivity index (χ2n) is 2.86. The normalized spacial score (nSPS) is 32.1. The van der Waals surface area contributed by atoms with E-state index >= 15 is 0 Å². The van der Waals surface area contributed by atoms with Gasteiger partial charge in [-0.25, -0.2) is 0 Å². The highest BCUT2D eigenvalue weighted by Gasteiger charge is 2.24. The van der Waals surface area contributed by atoms with Crippen LogP contribution in [0, 0.1) is 11.8 Å². The average Bonchev–Trinajstić information content (AvgIpc) is 1.88. The summed E-state index contributed by atoms with van der Waals surface area (Å²) >= 11 is 0. The number of allylic oxidation sites excluding steroid dienone is 2. The monoisotopic (exact) mass is 140 g/mol. The average molecular weight is 140 g/mol. The first-order chi connectivity index (χ1) is 4.72. The molecule has 1 aliphatic carbocycles. The van der Waals surface area contributed by atoms with Crippen molar-refractivity contribution in [2.24, 2.45) is 11.8 Å². The van der Waals surface area contributed by atoms with Crippen molar-refractivity contribution in [2.45, 2.75) is 19.8 Å². The van der Waals surface area contributed by atoms with Gasteiger partial charge in [-0.1, -0.05) is 19.1 Å². The first kappa shape index (κ1) is 7.32. The molecule has 2 atom stereocenters. The molecule has 1 unspecified atom stereocenters. The van der Waals surface area contributed by atoms with E-state index in [1.165, 1.54) is 0 Å². The molecule has 0 heterocycles. The van der Waals surface area contributed by atoms with Crippen LogP contribution in [0.25, 0.3) is 0 Å². The molecule has 0 aromatic heterocycles. The lowest BCUT2D eigenvalue weighted by Crippen LogP contribution is -2.22. The third-order valence-electron chi connectivity index (χ3n) is 2.07. The van der Waals surface area contributed by atoms with E-state index in [1.807, 2.05) is 13.0 Å². The Morgan fingerprint density at radius 3 is 2.50 bits per heavy atom. The quantitative estimate of drug-likeness (QED) is 0.562. The van der Waals surface area contributed by atoms with Gasteiger partial charge in [0.25, 0.3) is 0 Å². The third-order valence-corrected chi connectivity index (χ3v) is 2.07. The molecule has 1 aliphatic rings. The van der Waals surface area contributed by atoms with Gasteiger partial charge in [-0.2, -0.15) is 0 Å². The van der Waals surface area contributed by atoms with Crippen LogP contribution in [0.2, 0.25) is 0 Å². The van der Waals surface area contributed by atoms with E-state index in [1.54, 1.807) is 0 Å². The Labute approximate surface area is 60.6 Å². The lowest BCUT2D eigenvalue weighted by atomic mass is 9.85. The largest absolute Gasteiger partial charge is 0.481 e. The maximum atomic E-state index is 10.5. The van der Waals surface area contributed by atoms with Gasteiger partial charge < -0.3 is 5.11 Å². The van der Waals surface area contributed by atoms with Crippen molar-refractivity contribution in [3.63, 3.8) is 0 Å². The van der Waals surface area contributed by atoms with Gasteiger partial charge in [0.2, 0.25) is 0 Å². The van der Waals surface area contributed by atoms with Crippen LogP contribution in [-0.4, -0.2) is 11.1 Å². The molecule has 0 radical (unpaired) electrons. The topological polar surface area (TPSA) is 37.3 Å². The van der Waals surface area contributed by atoms with Gasteiger partial charge in [-0.3, -0.25) is 4.79 Å². The highest BCUT2D eigenvalue weighted by atomic mass is 16.4. The second kappa shape index (κ2) is 2.86. The first-order valence-electron chi connectivity index (χ1n) is 3.59. The summed E-state index contributed by atoms with van der Waals surface area (Å²) in [5.74, 6) is -0.496. The van der Waals surface area contributed by atoms with Crippen LogP contribution in [0.1, 0.15) is 19.8 Å². The summed E-state index contributed by atoms with van der Waals surface area (Å²) in [5, 5.41) is 8.67. The van der Waals surface area contributed by atoms with Crippen LogP contribution in [0.3, 0.4) is 0 Å². The van der Waals surface area contributed by atoms with E-state index in [0.717, 1.165) is 6.42 Å². The van der Waals surface area contributed by atoms with Crippen LogP contribution in [0.4, 0.5) is 0 Å². The fraction of sp³-hybridized carbons (Fsp3) is 0.625. The number of carboxylic acid groups (broad SMARTS) is 1. The van der Waals surface area contributed by atoms with Crippen molar-refractivity contribution < 1.29 is 9.90 Å². The van der Waals surface area contributed by atoms with Crippen molar-refractivity contribution in [3.05, 3.63) is 12.2 Å². The maximum absolute atomic E-state index is 10.5. The summed E-state index contributed by atoms with van der Waals surface area (Å²) in [6.45, 7) is 1.99. The fourth-order valence-corrected chi connectivity index (χ4v) is 1.29. The number of rotatable bonds is 1. The molecule has 56 valence electrons. The highest BCUT2D eigenvalue weighted by Crippen LogP contribution is 2.24. The number of aliphatic carboxylic acids is 1. The molecular formula is C8H12O2. The summed E-state index contributed by atoms with van der Waals surface area (Å²) < 4.78 is 0. The fourth-order valence-electron chi connectivity index (χ4n) is 1.29. The van der Waals surface area contributed by atoms with E-state index in [2.05, 4.69) is 6.08 Å². The van der Waals surface area contributed by atoms with Crippen LogP contribution in [0.15, 0.2) is 12.2 Å². The Bertz CT molecular complexity index is 161. The van der Waals surface area contributed by atoms with E-state index in [4.69, 9.17) is 5.11 Å². The molecule has 0 spiro atoms. The number of carboxylic acids is 1. The van der Waals surface area contributed by atoms with E-state index < -0.39 is 5.97 Å². The van der Waals surface area contributed by atoms with Gasteiger partial charge in [0.15, 0.2) is 0 Å². The van der Waals surface area contributed by atoms with Crippen LogP contribution >= 0.6 is 0 Å². The molecule has 1 rings (SSSR count). The lowest BCUT2D eigenvalue weighted by molar-refractivity contribution is -0.143. The minimum absolute atomic E-state index is 0.148. The zero-order chi connectivity index (χ0) is 7.56. The molecule has 0 fully saturated rings. The molecule has 0 aromatic rings. The Hall–Kier alpha value is -0.790. The summed E-state index contributed by atoms with van der Waals surface area (Å²) in [6, 6.07) is 0. The molecule has 10 heavy (non-hydrogen) atoms. The summed E-state index contributed by atoms with van der Waals surface area (Å²) in [5.41, 5.74) is 0. The SMILES string of the molecule is C[C@@H]1CC=CCC1C(=O)O. The molecule has 0 amide bonds. The van der Waals surface area contributed by atoms with Gasteiger partial charge in [0.1, 0.15) is 0 Å². The number of hydrogen-bond donors (Lipinski definition) is 1. The molecule has 0 saturated heterocycles. The van der Waals surface area contributed by atoms with Crippen LogP contribution < -0.4 is 0 Å². The van der Waals surface area contributed by atoms with E-state index in [0.29, 0.717) is 12.3 Å². The molecule has 2 nitrogen and oxygen atoms in total. The standard InChI is InChI=1S/C8H12O2/c1-6-4-2-3-5-7(6)8(9)10/h2-3,6-7H,4-5H2,1H3,(H,9,10)/t6-,7?/m1/s1. The van der Waals surface area contributed by atoms with E-state index in [-0.39, 0.29) is 5.92 Å². The van der Waals surface area contributed by atoms with Crippen molar-refractivity contribution in [1.29, 1.82) is 0 Å². The minimum atomic E-state index is -0.656. The van der Waals surface area contributed by atoms with Gasteiger partial charge in [-0.15, -0.1) is 0 Å². The first-order valence-corrected chi connectivity index (χ1v) is 3.59. The molecule has 0 bridgehead atoms. The predicted molar refractivity (Wildman–Crippen MR) is 38.7 cm³/mol. The molecule has 2 heteroatoms. The van der Waals surface area contributed by atoms with Gasteiger partial charge >= 0.3 is 5.97 Å². The summed E-state index contributed by atoms with van der Waals surface area (Å²) in [7, 11) is 0. The predicted octanol–water partition coefficient (Wildman–Crippen LogP) is 1.67. The van der Waals surface area contributed by atoms with Crippen LogP contribution in [-0.2, 0) is 4.79 Å². The minimum Gasteiger partial charge on any atom is -0.481 e. The van der Waals surface area contributed by atoms with Crippen molar-refractivity contribution in [3.8, 4) is 0 Å². The van der Waals surface area contributed by atoms with Gasteiger partial charge in [0, 0.05) is 0 Å². The van der Waals surface area contributed by atoms with Crippen molar-refractivity contribution >= 4 is 5.97 Å². The summed E-state index contributed by atoms with van der Waals surface area (Å²) in [6.07, 6.45) is 5.64. The Morgan fingerprint density at radius 1 is 1.50 bits per heavy atom. The zero-order valence-corrected chi connectivity index (χ0v) is 6.08. The summed E-state index contributed by atoms with van der Waals surface area (Å²) in [4.78, 5) is 10.5. The molecule has 0 aliphatic heterocycles.